The molecule has 0 aliphatic carbocycles. The summed E-state index contributed by atoms with van der Waals surface area (Å²) in [7, 11) is 0. The number of nitrogens with zero attached hydrogens (tertiary/aromatic N) is 1. The molecule has 6 heteroatoms. The number of nitrogens with one attached hydrogen (secondary N) is 1. The molecule has 0 heterocycles. The molecule has 2 amide bonds. The molecule has 2 aromatic rings. The summed E-state index contributed by atoms with van der Waals surface area (Å²) < 4.78 is 0.954. The molecule has 1 atom stereocenters. The smallest absolute Gasteiger partial charge is 0.242 e. The number of aryl methyl sites for hydroxylation is 1. The lowest BCUT2D eigenvalue weighted by atomic mass is 10.1. The van der Waals surface area contributed by atoms with E-state index in [0.29, 0.717) is 12.3 Å². The van der Waals surface area contributed by atoms with Gasteiger partial charge in [-0.1, -0.05) is 52.3 Å². The minimum atomic E-state index is -0.539. The second-order valence-electron chi connectivity index (χ2n) is 7.41. The van der Waals surface area contributed by atoms with E-state index in [4.69, 9.17) is 0 Å². The van der Waals surface area contributed by atoms with Crippen molar-refractivity contribution in [1.29, 1.82) is 0 Å². The monoisotopic (exact) mass is 476 g/mol. The van der Waals surface area contributed by atoms with E-state index < -0.39 is 6.04 Å². The van der Waals surface area contributed by atoms with Crippen LogP contribution >= 0.6 is 27.7 Å². The van der Waals surface area contributed by atoms with Crippen molar-refractivity contribution in [2.45, 2.75) is 52.1 Å². The van der Waals surface area contributed by atoms with Gasteiger partial charge in [0, 0.05) is 22.8 Å². The molecule has 29 heavy (non-hydrogen) atoms. The second-order valence-corrected chi connectivity index (χ2v) is 9.31. The van der Waals surface area contributed by atoms with E-state index in [1.54, 1.807) is 23.6 Å². The van der Waals surface area contributed by atoms with Crippen LogP contribution in [0, 0.1) is 6.92 Å². The zero-order chi connectivity index (χ0) is 21.4. The summed E-state index contributed by atoms with van der Waals surface area (Å²) in [5, 5.41) is 2.92. The molecule has 0 aliphatic heterocycles. The second kappa shape index (κ2) is 11.4. The van der Waals surface area contributed by atoms with Crippen LogP contribution in [0.15, 0.2) is 53.0 Å². The van der Waals surface area contributed by atoms with Gasteiger partial charge in [0.1, 0.15) is 6.04 Å². The first kappa shape index (κ1) is 23.5. The summed E-state index contributed by atoms with van der Waals surface area (Å²) in [6.07, 6.45) is 0. The molecule has 4 nitrogen and oxygen atoms in total. The van der Waals surface area contributed by atoms with Crippen molar-refractivity contribution in [3.63, 3.8) is 0 Å². The lowest BCUT2D eigenvalue weighted by Gasteiger charge is -2.29. The molecule has 0 fully saturated rings. The molecule has 0 saturated carbocycles. The Balaban J connectivity index is 2.09. The van der Waals surface area contributed by atoms with Crippen molar-refractivity contribution in [2.75, 3.05) is 5.75 Å². The zero-order valence-corrected chi connectivity index (χ0v) is 19.8. The Morgan fingerprint density at radius 2 is 1.83 bits per heavy atom. The van der Waals surface area contributed by atoms with Crippen LogP contribution in [-0.4, -0.2) is 34.6 Å². The lowest BCUT2D eigenvalue weighted by molar-refractivity contribution is -0.138. The van der Waals surface area contributed by atoms with Crippen molar-refractivity contribution in [2.24, 2.45) is 0 Å². The molecule has 0 aromatic heterocycles. The molecule has 2 aromatic carbocycles. The summed E-state index contributed by atoms with van der Waals surface area (Å²) >= 11 is 5.06. The highest BCUT2D eigenvalue weighted by Gasteiger charge is 2.26. The highest BCUT2D eigenvalue weighted by Crippen LogP contribution is 2.19. The number of rotatable bonds is 9. The number of carbonyl (C=O) groups is 2. The summed E-state index contributed by atoms with van der Waals surface area (Å²) in [4.78, 5) is 27.3. The fourth-order valence-corrected chi connectivity index (χ4v) is 4.36. The quantitative estimate of drug-likeness (QED) is 0.557. The number of hydrogen-bond acceptors (Lipinski definition) is 3. The van der Waals surface area contributed by atoms with Gasteiger partial charge in [0.2, 0.25) is 11.8 Å². The molecule has 0 radical (unpaired) electrons. The number of hydrogen-bond donors (Lipinski definition) is 1. The Bertz CT molecular complexity index is 841. The highest BCUT2D eigenvalue weighted by molar-refractivity contribution is 9.10. The van der Waals surface area contributed by atoms with Gasteiger partial charge in [-0.2, -0.15) is 0 Å². The third kappa shape index (κ3) is 7.52. The first-order valence-electron chi connectivity index (χ1n) is 9.74. The number of amides is 2. The minimum absolute atomic E-state index is 0.0307. The van der Waals surface area contributed by atoms with Crippen molar-refractivity contribution in [3.8, 4) is 0 Å². The minimum Gasteiger partial charge on any atom is -0.352 e. The van der Waals surface area contributed by atoms with Gasteiger partial charge in [-0.05, 0) is 56.5 Å². The number of thioether (sulfide) groups is 1. The lowest BCUT2D eigenvalue weighted by Crippen LogP contribution is -2.49. The van der Waals surface area contributed by atoms with E-state index in [0.717, 1.165) is 15.8 Å². The molecular formula is C23H29BrN2O2S. The molecule has 0 unspecified atom stereocenters. The molecule has 0 spiro atoms. The van der Waals surface area contributed by atoms with Crippen molar-refractivity contribution < 1.29 is 9.59 Å². The normalized spacial score (nSPS) is 11.9. The van der Waals surface area contributed by atoms with Crippen LogP contribution in [0.5, 0.6) is 0 Å². The van der Waals surface area contributed by atoms with Crippen LogP contribution in [0.3, 0.4) is 0 Å². The number of halogens is 1. The Hall–Kier alpha value is -1.79. The maximum absolute atomic E-state index is 13.1. The summed E-state index contributed by atoms with van der Waals surface area (Å²) in [5.74, 6) is 0.944. The molecule has 0 aliphatic rings. The van der Waals surface area contributed by atoms with Gasteiger partial charge < -0.3 is 10.2 Å². The van der Waals surface area contributed by atoms with Gasteiger partial charge in [-0.25, -0.2) is 0 Å². The number of carbonyl (C=O) groups excluding carboxylic acids is 2. The molecule has 0 bridgehead atoms. The van der Waals surface area contributed by atoms with Gasteiger partial charge >= 0.3 is 0 Å². The fourth-order valence-electron chi connectivity index (χ4n) is 2.92. The molecule has 156 valence electrons. The van der Waals surface area contributed by atoms with Gasteiger partial charge in [-0.3, -0.25) is 9.59 Å². The predicted octanol–water partition coefficient (Wildman–Crippen LogP) is 4.93. The Morgan fingerprint density at radius 3 is 2.48 bits per heavy atom. The maximum Gasteiger partial charge on any atom is 0.242 e. The Morgan fingerprint density at radius 1 is 1.10 bits per heavy atom. The van der Waals surface area contributed by atoms with Crippen LogP contribution in [-0.2, 0) is 21.9 Å². The Labute approximate surface area is 186 Å². The predicted molar refractivity (Wildman–Crippen MR) is 125 cm³/mol. The van der Waals surface area contributed by atoms with Gasteiger partial charge in [-0.15, -0.1) is 11.8 Å². The van der Waals surface area contributed by atoms with Gasteiger partial charge in [0.25, 0.3) is 0 Å². The highest BCUT2D eigenvalue weighted by atomic mass is 79.9. The van der Waals surface area contributed by atoms with E-state index in [9.17, 15) is 9.59 Å². The average molecular weight is 477 g/mol. The first-order valence-corrected chi connectivity index (χ1v) is 11.7. The van der Waals surface area contributed by atoms with Gasteiger partial charge in [0.15, 0.2) is 0 Å². The van der Waals surface area contributed by atoms with Gasteiger partial charge in [0.05, 0.1) is 5.75 Å². The van der Waals surface area contributed by atoms with Crippen molar-refractivity contribution >= 4 is 39.5 Å². The first-order chi connectivity index (χ1) is 13.8. The molecule has 1 N–H and O–H groups in total. The Kier molecular flexibility index (Phi) is 9.24. The van der Waals surface area contributed by atoms with Crippen LogP contribution < -0.4 is 5.32 Å². The van der Waals surface area contributed by atoms with Crippen LogP contribution in [0.1, 0.15) is 37.5 Å². The molecular weight excluding hydrogens is 448 g/mol. The third-order valence-corrected chi connectivity index (χ3v) is 6.04. The number of benzene rings is 2. The zero-order valence-electron chi connectivity index (χ0n) is 17.4. The molecule has 0 saturated heterocycles. The van der Waals surface area contributed by atoms with E-state index >= 15 is 0 Å². The summed E-state index contributed by atoms with van der Waals surface area (Å²) in [6, 6.07) is 15.5. The standard InChI is InChI=1S/C23H29BrN2O2S/c1-16(2)25-23(28)18(4)26(13-19-9-7-11-21(24)12-19)22(27)15-29-14-20-10-6-5-8-17(20)3/h5-12,16,18H,13-15H2,1-4H3,(H,25,28)/t18-/m0/s1. The molecule has 2 rings (SSSR count). The maximum atomic E-state index is 13.1. The van der Waals surface area contributed by atoms with Crippen molar-refractivity contribution in [1.82, 2.24) is 10.2 Å². The summed E-state index contributed by atoms with van der Waals surface area (Å²) in [5.41, 5.74) is 3.44. The third-order valence-electron chi connectivity index (χ3n) is 4.58. The average Bonchev–Trinajstić information content (AvgIpc) is 2.66. The van der Waals surface area contributed by atoms with E-state index in [1.165, 1.54) is 11.1 Å². The van der Waals surface area contributed by atoms with E-state index in [2.05, 4.69) is 40.3 Å². The fraction of sp³-hybridized carbons (Fsp3) is 0.391. The SMILES string of the molecule is Cc1ccccc1CSCC(=O)N(Cc1cccc(Br)c1)[C@@H](C)C(=O)NC(C)C. The van der Waals surface area contributed by atoms with Crippen LogP contribution in [0.2, 0.25) is 0 Å². The van der Waals surface area contributed by atoms with E-state index in [1.807, 2.05) is 50.2 Å². The largest absolute Gasteiger partial charge is 0.352 e. The topological polar surface area (TPSA) is 49.4 Å². The van der Waals surface area contributed by atoms with Crippen LogP contribution in [0.4, 0.5) is 0 Å². The van der Waals surface area contributed by atoms with E-state index in [-0.39, 0.29) is 17.9 Å². The van der Waals surface area contributed by atoms with Crippen molar-refractivity contribution in [3.05, 3.63) is 69.7 Å². The summed E-state index contributed by atoms with van der Waals surface area (Å²) in [6.45, 7) is 8.11. The van der Waals surface area contributed by atoms with Crippen LogP contribution in [0.25, 0.3) is 0 Å².